The van der Waals surface area contributed by atoms with Crippen molar-refractivity contribution < 1.29 is 13.7 Å². The number of nitrogens with one attached hydrogen (secondary N) is 3. The minimum atomic E-state index is -3.62. The molecule has 2 amide bonds. The van der Waals surface area contributed by atoms with Crippen molar-refractivity contribution >= 4 is 21.6 Å². The van der Waals surface area contributed by atoms with Gasteiger partial charge in [-0.1, -0.05) is 19.1 Å². The molecule has 1 fully saturated rings. The first-order chi connectivity index (χ1) is 14.1. The first-order valence-electron chi connectivity index (χ1n) is 10.4. The third-order valence-electron chi connectivity index (χ3n) is 6.35. The summed E-state index contributed by atoms with van der Waals surface area (Å²) in [5.41, 5.74) is 3.86. The van der Waals surface area contributed by atoms with E-state index in [0.29, 0.717) is 18.4 Å². The molecule has 1 aromatic carbocycles. The van der Waals surface area contributed by atoms with Crippen LogP contribution < -0.4 is 14.8 Å². The van der Waals surface area contributed by atoms with Gasteiger partial charge in [0.25, 0.3) is 0 Å². The number of urea groups is 1. The average molecular weight is 430 g/mol. The molecule has 9 heteroatoms. The van der Waals surface area contributed by atoms with Gasteiger partial charge in [0.2, 0.25) is 5.88 Å². The summed E-state index contributed by atoms with van der Waals surface area (Å²) in [6.07, 6.45) is 5.71. The SMILES string of the molecule is C[C@@H](c1ccc2c(c1NC(=O)NS(=N)(=O)c1cnn3c1OC(C)(C)C3)CC2)C1CC1. The second kappa shape index (κ2) is 6.47. The standard InChI is InChI=1S/C21H27N5O3S/c1-12(13-4-5-13)15-8-6-14-7-9-16(14)18(15)24-20(27)25-30(22,28)17-10-23-26-11-21(2,3)29-19(17)26/h6,8,10,12-13H,4-5,7,9,11H2,1-3H3,(H3,22,24,25,27,28)/t12-,30?/m1/s1. The van der Waals surface area contributed by atoms with Crippen LogP contribution in [0.15, 0.2) is 23.2 Å². The molecule has 0 spiro atoms. The quantitative estimate of drug-likeness (QED) is 0.671. The number of amides is 2. The Morgan fingerprint density at radius 3 is 2.80 bits per heavy atom. The Labute approximate surface area is 176 Å². The molecule has 2 aromatic rings. The van der Waals surface area contributed by atoms with Gasteiger partial charge in [-0.05, 0) is 68.1 Å². The molecule has 8 nitrogen and oxygen atoms in total. The van der Waals surface area contributed by atoms with Gasteiger partial charge in [0.05, 0.1) is 12.7 Å². The Morgan fingerprint density at radius 1 is 1.37 bits per heavy atom. The number of hydrogen-bond acceptors (Lipinski definition) is 5. The molecule has 5 rings (SSSR count). The second-order valence-electron chi connectivity index (χ2n) is 9.24. The first kappa shape index (κ1) is 19.4. The highest BCUT2D eigenvalue weighted by molar-refractivity contribution is 7.91. The van der Waals surface area contributed by atoms with Crippen molar-refractivity contribution in [2.24, 2.45) is 5.92 Å². The van der Waals surface area contributed by atoms with E-state index in [4.69, 9.17) is 9.52 Å². The van der Waals surface area contributed by atoms with E-state index in [1.165, 1.54) is 24.6 Å². The number of carbonyl (C=O) groups is 1. The molecular weight excluding hydrogens is 402 g/mol. The topological polar surface area (TPSA) is 109 Å². The molecule has 0 bridgehead atoms. The van der Waals surface area contributed by atoms with Gasteiger partial charge >= 0.3 is 6.03 Å². The summed E-state index contributed by atoms with van der Waals surface area (Å²) in [5.74, 6) is 1.30. The van der Waals surface area contributed by atoms with Crippen LogP contribution in [0.25, 0.3) is 0 Å². The maximum atomic E-state index is 13.1. The van der Waals surface area contributed by atoms with Gasteiger partial charge in [-0.15, -0.1) is 0 Å². The van der Waals surface area contributed by atoms with Gasteiger partial charge in [-0.3, -0.25) is 0 Å². The molecule has 0 radical (unpaired) electrons. The molecule has 1 aromatic heterocycles. The number of aromatic nitrogens is 2. The van der Waals surface area contributed by atoms with Crippen LogP contribution in [0, 0.1) is 10.7 Å². The van der Waals surface area contributed by atoms with E-state index in [2.05, 4.69) is 34.2 Å². The Morgan fingerprint density at radius 2 is 2.13 bits per heavy atom. The third-order valence-corrected chi connectivity index (χ3v) is 7.73. The van der Waals surface area contributed by atoms with Crippen LogP contribution in [0.5, 0.6) is 5.88 Å². The smallest absolute Gasteiger partial charge is 0.331 e. The number of rotatable bonds is 5. The van der Waals surface area contributed by atoms with Crippen molar-refractivity contribution in [2.75, 3.05) is 5.32 Å². The number of fused-ring (bicyclic) bond motifs is 2. The fourth-order valence-electron chi connectivity index (χ4n) is 4.44. The highest BCUT2D eigenvalue weighted by Crippen LogP contribution is 2.46. The fourth-order valence-corrected chi connectivity index (χ4v) is 5.45. The van der Waals surface area contributed by atoms with Gasteiger partial charge in [0, 0.05) is 5.69 Å². The molecule has 2 atom stereocenters. The minimum Gasteiger partial charge on any atom is -0.469 e. The Hall–Kier alpha value is -2.55. The highest BCUT2D eigenvalue weighted by Gasteiger charge is 2.37. The van der Waals surface area contributed by atoms with Crippen molar-refractivity contribution in [1.82, 2.24) is 14.5 Å². The van der Waals surface area contributed by atoms with Crippen molar-refractivity contribution in [3.63, 3.8) is 0 Å². The van der Waals surface area contributed by atoms with E-state index in [0.717, 1.165) is 29.7 Å². The average Bonchev–Trinajstić information content (AvgIpc) is 3.31. The molecular formula is C21H27N5O3S. The van der Waals surface area contributed by atoms with Gasteiger partial charge in [0.1, 0.15) is 10.5 Å². The van der Waals surface area contributed by atoms with E-state index < -0.39 is 21.5 Å². The normalized spacial score (nSPS) is 21.4. The van der Waals surface area contributed by atoms with Crippen LogP contribution in [-0.2, 0) is 29.3 Å². The lowest BCUT2D eigenvalue weighted by Gasteiger charge is -2.27. The molecule has 2 heterocycles. The summed E-state index contributed by atoms with van der Waals surface area (Å²) < 4.78 is 31.2. The highest BCUT2D eigenvalue weighted by atomic mass is 32.2. The van der Waals surface area contributed by atoms with Crippen LogP contribution in [0.4, 0.5) is 10.5 Å². The van der Waals surface area contributed by atoms with E-state index in [9.17, 15) is 9.00 Å². The Balaban J connectivity index is 1.38. The number of carbonyl (C=O) groups excluding carboxylic acids is 1. The number of aryl methyl sites for hydroxylation is 1. The molecule has 3 aliphatic rings. The zero-order valence-electron chi connectivity index (χ0n) is 17.4. The van der Waals surface area contributed by atoms with Crippen LogP contribution in [0.1, 0.15) is 56.2 Å². The van der Waals surface area contributed by atoms with Crippen LogP contribution in [0.3, 0.4) is 0 Å². The summed E-state index contributed by atoms with van der Waals surface area (Å²) in [6.45, 7) is 6.49. The van der Waals surface area contributed by atoms with Crippen molar-refractivity contribution in [2.45, 2.75) is 69.4 Å². The van der Waals surface area contributed by atoms with Gasteiger partial charge in [-0.2, -0.15) is 5.10 Å². The number of benzene rings is 1. The Kier molecular flexibility index (Phi) is 4.19. The maximum Gasteiger partial charge on any atom is 0.331 e. The minimum absolute atomic E-state index is 0.0934. The van der Waals surface area contributed by atoms with E-state index in [-0.39, 0.29) is 10.8 Å². The molecule has 1 saturated carbocycles. The fraction of sp³-hybridized carbons (Fsp3) is 0.524. The molecule has 30 heavy (non-hydrogen) atoms. The molecule has 0 saturated heterocycles. The zero-order valence-corrected chi connectivity index (χ0v) is 18.3. The molecule has 1 aliphatic heterocycles. The molecule has 1 unspecified atom stereocenters. The first-order valence-corrected chi connectivity index (χ1v) is 12.0. The van der Waals surface area contributed by atoms with Crippen molar-refractivity contribution in [3.8, 4) is 5.88 Å². The van der Waals surface area contributed by atoms with Crippen molar-refractivity contribution in [1.29, 1.82) is 4.78 Å². The van der Waals surface area contributed by atoms with E-state index in [1.807, 2.05) is 13.8 Å². The number of anilines is 1. The second-order valence-corrected chi connectivity index (χ2v) is 11.0. The van der Waals surface area contributed by atoms with Crippen LogP contribution >= 0.6 is 0 Å². The summed E-state index contributed by atoms with van der Waals surface area (Å²) >= 11 is 0. The Bertz CT molecular complexity index is 1150. The summed E-state index contributed by atoms with van der Waals surface area (Å²) in [5, 5.41) is 7.09. The van der Waals surface area contributed by atoms with Gasteiger partial charge < -0.3 is 10.1 Å². The number of ether oxygens (including phenoxy) is 1. The predicted molar refractivity (Wildman–Crippen MR) is 113 cm³/mol. The largest absolute Gasteiger partial charge is 0.469 e. The van der Waals surface area contributed by atoms with E-state index >= 15 is 0 Å². The monoisotopic (exact) mass is 429 g/mol. The lowest BCUT2D eigenvalue weighted by molar-refractivity contribution is 0.132. The summed E-state index contributed by atoms with van der Waals surface area (Å²) in [4.78, 5) is 12.9. The van der Waals surface area contributed by atoms with Crippen LogP contribution in [-0.4, -0.2) is 25.6 Å². The van der Waals surface area contributed by atoms with Crippen LogP contribution in [0.2, 0.25) is 0 Å². The summed E-state index contributed by atoms with van der Waals surface area (Å²) in [6, 6.07) is 3.62. The molecule has 2 aliphatic carbocycles. The van der Waals surface area contributed by atoms with E-state index in [1.54, 1.807) is 4.68 Å². The molecule has 3 N–H and O–H groups in total. The molecule has 160 valence electrons. The predicted octanol–water partition coefficient (Wildman–Crippen LogP) is 3.81. The maximum absolute atomic E-state index is 13.1. The van der Waals surface area contributed by atoms with Gasteiger partial charge in [-0.25, -0.2) is 23.2 Å². The van der Waals surface area contributed by atoms with Gasteiger partial charge in [0.15, 0.2) is 9.92 Å². The zero-order chi connectivity index (χ0) is 21.3. The van der Waals surface area contributed by atoms with Crippen molar-refractivity contribution in [3.05, 3.63) is 35.0 Å². The summed E-state index contributed by atoms with van der Waals surface area (Å²) in [7, 11) is -3.62. The number of nitrogens with zero attached hydrogens (tertiary/aromatic N) is 2. The number of hydrogen-bond donors (Lipinski definition) is 3. The lowest BCUT2D eigenvalue weighted by Crippen LogP contribution is -2.35. The third kappa shape index (κ3) is 3.25. The lowest BCUT2D eigenvalue weighted by atomic mass is 9.82.